The summed E-state index contributed by atoms with van der Waals surface area (Å²) in [6.07, 6.45) is 3.45. The molecule has 0 atom stereocenters. The predicted octanol–water partition coefficient (Wildman–Crippen LogP) is 4.97. The molecular formula is C26H35N4OS+. The Balaban J connectivity index is 1.54. The molecule has 3 heterocycles. The summed E-state index contributed by atoms with van der Waals surface area (Å²) in [6.45, 7) is 10.3. The van der Waals surface area contributed by atoms with Crippen molar-refractivity contribution < 1.29 is 4.74 Å². The highest BCUT2D eigenvalue weighted by atomic mass is 32.1. The van der Waals surface area contributed by atoms with Gasteiger partial charge in [0.1, 0.15) is 11.0 Å². The standard InChI is InChI=1S/C26H35N4OS/c1-5-19-15-22(30-10-12-31-13-11-30)17-24-26(19)27-25-18(2)14-21(16-23(25)32-24)29-8-6-20(7-9-29)28(3)4/h14-17,20H,5-13H2,1-4H3/q+1. The average molecular weight is 452 g/mol. The van der Waals surface area contributed by atoms with Crippen molar-refractivity contribution in [3.63, 3.8) is 0 Å². The lowest BCUT2D eigenvalue weighted by Crippen LogP contribution is -2.42. The van der Waals surface area contributed by atoms with Crippen LogP contribution >= 0.6 is 11.3 Å². The Labute approximate surface area is 195 Å². The molecule has 2 aliphatic heterocycles. The molecule has 5 rings (SSSR count). The molecule has 2 fully saturated rings. The minimum atomic E-state index is 0.701. The van der Waals surface area contributed by atoms with Crippen molar-refractivity contribution in [2.24, 2.45) is 0 Å². The fraction of sp³-hybridized carbons (Fsp3) is 0.538. The van der Waals surface area contributed by atoms with Crippen LogP contribution < -0.4 is 9.80 Å². The van der Waals surface area contributed by atoms with Crippen molar-refractivity contribution in [3.05, 3.63) is 35.4 Å². The maximum Gasteiger partial charge on any atom is 0.259 e. The fourth-order valence-corrected chi connectivity index (χ4v) is 6.30. The molecule has 0 N–H and O–H groups in total. The molecule has 0 unspecified atom stereocenters. The summed E-state index contributed by atoms with van der Waals surface area (Å²) in [7, 11) is 4.41. The molecule has 5 nitrogen and oxygen atoms in total. The van der Waals surface area contributed by atoms with E-state index in [2.05, 4.69) is 66.9 Å². The molecule has 32 heavy (non-hydrogen) atoms. The van der Waals surface area contributed by atoms with Gasteiger partial charge < -0.3 is 19.4 Å². The molecule has 1 aromatic heterocycles. The molecular weight excluding hydrogens is 416 g/mol. The zero-order valence-electron chi connectivity index (χ0n) is 19.9. The van der Waals surface area contributed by atoms with E-state index < -0.39 is 0 Å². The summed E-state index contributed by atoms with van der Waals surface area (Å²) in [4.78, 5) is 12.6. The predicted molar refractivity (Wildman–Crippen MR) is 138 cm³/mol. The van der Waals surface area contributed by atoms with Gasteiger partial charge in [-0.25, -0.2) is 4.98 Å². The van der Waals surface area contributed by atoms with Gasteiger partial charge in [-0.05, 0) is 63.5 Å². The zero-order chi connectivity index (χ0) is 22.2. The Bertz CT molecular complexity index is 1120. The number of aromatic nitrogens is 1. The topological polar surface area (TPSA) is 31.8 Å². The number of hydrogen-bond acceptors (Lipinski definition) is 5. The number of anilines is 2. The summed E-state index contributed by atoms with van der Waals surface area (Å²) in [6, 6.07) is 10.1. The first kappa shape index (κ1) is 21.8. The van der Waals surface area contributed by atoms with Gasteiger partial charge in [0.25, 0.3) is 9.40 Å². The lowest BCUT2D eigenvalue weighted by molar-refractivity contribution is 0.122. The van der Waals surface area contributed by atoms with Crippen LogP contribution in [0.15, 0.2) is 24.3 Å². The van der Waals surface area contributed by atoms with Gasteiger partial charge in [-0.1, -0.05) is 6.92 Å². The molecule has 0 bridgehead atoms. The summed E-state index contributed by atoms with van der Waals surface area (Å²) < 4.78 is 8.16. The molecule has 0 radical (unpaired) electrons. The van der Waals surface area contributed by atoms with Crippen molar-refractivity contribution in [2.75, 3.05) is 63.3 Å². The molecule has 6 heteroatoms. The maximum absolute atomic E-state index is 5.57. The molecule has 3 aromatic rings. The van der Waals surface area contributed by atoms with E-state index in [0.717, 1.165) is 51.3 Å². The quantitative estimate of drug-likeness (QED) is 0.413. The van der Waals surface area contributed by atoms with E-state index in [4.69, 9.17) is 9.72 Å². The van der Waals surface area contributed by atoms with Crippen LogP contribution in [0.1, 0.15) is 30.9 Å². The molecule has 0 aliphatic carbocycles. The van der Waals surface area contributed by atoms with Crippen LogP contribution in [0.4, 0.5) is 11.4 Å². The van der Waals surface area contributed by atoms with Crippen molar-refractivity contribution >= 4 is 43.1 Å². The number of ether oxygens (including phenoxy) is 1. The second kappa shape index (κ2) is 9.08. The normalized spacial score (nSPS) is 18.3. The smallest absolute Gasteiger partial charge is 0.259 e. The van der Waals surface area contributed by atoms with Crippen molar-refractivity contribution in [1.82, 2.24) is 9.88 Å². The second-order valence-corrected chi connectivity index (χ2v) is 10.5. The summed E-state index contributed by atoms with van der Waals surface area (Å²) in [5.41, 5.74) is 7.62. The monoisotopic (exact) mass is 451 g/mol. The van der Waals surface area contributed by atoms with Crippen LogP contribution in [0, 0.1) is 6.92 Å². The van der Waals surface area contributed by atoms with Gasteiger partial charge in [-0.3, -0.25) is 0 Å². The zero-order valence-corrected chi connectivity index (χ0v) is 20.7. The minimum absolute atomic E-state index is 0.701. The SMILES string of the molecule is CCc1cc(N2CCOCC2)cc2[s+]c3cc(N4CCC(N(C)C)CC4)cc(C)c3nc12. The fourth-order valence-electron chi connectivity index (χ4n) is 5.13. The van der Waals surface area contributed by atoms with Crippen LogP contribution in [0.25, 0.3) is 20.4 Å². The Morgan fingerprint density at radius 2 is 1.56 bits per heavy atom. The highest BCUT2D eigenvalue weighted by Gasteiger charge is 2.24. The third kappa shape index (κ3) is 4.16. The van der Waals surface area contributed by atoms with E-state index in [1.54, 1.807) is 0 Å². The van der Waals surface area contributed by atoms with E-state index >= 15 is 0 Å². The number of hydrogen-bond donors (Lipinski definition) is 0. The Hall–Kier alpha value is -2.02. The third-order valence-corrected chi connectivity index (χ3v) is 8.21. The molecule has 2 aliphatic rings. The molecule has 2 aromatic carbocycles. The lowest BCUT2D eigenvalue weighted by Gasteiger charge is -2.36. The first-order valence-electron chi connectivity index (χ1n) is 12.0. The summed E-state index contributed by atoms with van der Waals surface area (Å²) in [5, 5.41) is 0. The molecule has 170 valence electrons. The van der Waals surface area contributed by atoms with E-state index in [0.29, 0.717) is 6.04 Å². The highest BCUT2D eigenvalue weighted by Crippen LogP contribution is 2.36. The average Bonchev–Trinajstić information content (AvgIpc) is 2.82. The number of rotatable bonds is 4. The van der Waals surface area contributed by atoms with Crippen LogP contribution in [0.3, 0.4) is 0 Å². The van der Waals surface area contributed by atoms with Gasteiger partial charge >= 0.3 is 0 Å². The number of benzene rings is 2. The van der Waals surface area contributed by atoms with Crippen LogP contribution in [0.5, 0.6) is 0 Å². The maximum atomic E-state index is 5.57. The van der Waals surface area contributed by atoms with E-state index in [1.165, 1.54) is 50.3 Å². The van der Waals surface area contributed by atoms with Crippen LogP contribution in [-0.4, -0.2) is 69.4 Å². The van der Waals surface area contributed by atoms with E-state index in [-0.39, 0.29) is 0 Å². The van der Waals surface area contributed by atoms with Crippen LogP contribution in [0.2, 0.25) is 0 Å². The molecule has 0 spiro atoms. The van der Waals surface area contributed by atoms with Gasteiger partial charge in [-0.15, -0.1) is 0 Å². The molecule has 0 amide bonds. The number of morpholine rings is 1. The minimum Gasteiger partial charge on any atom is -0.378 e. The number of nitrogens with zero attached hydrogens (tertiary/aromatic N) is 4. The first-order valence-corrected chi connectivity index (χ1v) is 12.8. The molecule has 0 saturated carbocycles. The summed E-state index contributed by atoms with van der Waals surface area (Å²) >= 11 is 1.90. The number of aryl methyl sites for hydroxylation is 2. The van der Waals surface area contributed by atoms with E-state index in [9.17, 15) is 0 Å². The second-order valence-electron chi connectivity index (χ2n) is 9.41. The number of piperidine rings is 1. The van der Waals surface area contributed by atoms with Crippen molar-refractivity contribution in [3.8, 4) is 0 Å². The van der Waals surface area contributed by atoms with Gasteiger partial charge in [0.05, 0.1) is 13.2 Å². The Morgan fingerprint density at radius 1 is 0.938 bits per heavy atom. The molecule has 2 saturated heterocycles. The van der Waals surface area contributed by atoms with Gasteiger partial charge in [-0.2, -0.15) is 0 Å². The number of fused-ring (bicyclic) bond motifs is 2. The van der Waals surface area contributed by atoms with Crippen molar-refractivity contribution in [1.29, 1.82) is 0 Å². The highest BCUT2D eigenvalue weighted by molar-refractivity contribution is 7.24. The van der Waals surface area contributed by atoms with Gasteiger partial charge in [0.2, 0.25) is 11.3 Å². The first-order chi connectivity index (χ1) is 15.5. The van der Waals surface area contributed by atoms with Gasteiger partial charge in [0.15, 0.2) is 0 Å². The lowest BCUT2D eigenvalue weighted by atomic mass is 10.0. The van der Waals surface area contributed by atoms with Gasteiger partial charge in [0, 0.05) is 55.7 Å². The van der Waals surface area contributed by atoms with E-state index in [1.807, 2.05) is 11.3 Å². The largest absolute Gasteiger partial charge is 0.378 e. The Kier molecular flexibility index (Phi) is 6.19. The van der Waals surface area contributed by atoms with Crippen molar-refractivity contribution in [2.45, 2.75) is 39.2 Å². The Morgan fingerprint density at radius 3 is 2.22 bits per heavy atom. The third-order valence-electron chi connectivity index (χ3n) is 7.15. The van der Waals surface area contributed by atoms with Crippen LogP contribution in [-0.2, 0) is 11.2 Å². The summed E-state index contributed by atoms with van der Waals surface area (Å²) in [5.74, 6) is 0.